The molecule has 11 nitrogen and oxygen atoms in total. The van der Waals surface area contributed by atoms with E-state index in [0.29, 0.717) is 36.5 Å². The number of hydrogen-bond acceptors (Lipinski definition) is 9. The lowest BCUT2D eigenvalue weighted by molar-refractivity contribution is 0.0927. The Bertz CT molecular complexity index is 1590. The number of nitrogens with one attached hydrogen (secondary N) is 2. The molecule has 11 heteroatoms. The molecule has 0 spiro atoms. The minimum atomic E-state index is -0.633. The zero-order chi connectivity index (χ0) is 29.3. The highest BCUT2D eigenvalue weighted by Crippen LogP contribution is 2.37. The summed E-state index contributed by atoms with van der Waals surface area (Å²) in [7, 11) is 0. The van der Waals surface area contributed by atoms with Crippen LogP contribution in [0.25, 0.3) is 22.8 Å². The molecule has 1 saturated heterocycles. The lowest BCUT2D eigenvalue weighted by atomic mass is 9.80. The Kier molecular flexibility index (Phi) is 7.90. The van der Waals surface area contributed by atoms with Crippen molar-refractivity contribution < 1.29 is 9.26 Å². The monoisotopic (exact) mass is 586 g/mol. The fourth-order valence-corrected chi connectivity index (χ4v) is 6.97. The van der Waals surface area contributed by atoms with Gasteiger partial charge in [0.1, 0.15) is 5.52 Å². The second-order valence-electron chi connectivity index (χ2n) is 12.9. The Balaban J connectivity index is 1.35. The van der Waals surface area contributed by atoms with Crippen LogP contribution < -0.4 is 16.0 Å². The molecule has 0 radical (unpaired) electrons. The first-order valence-electron chi connectivity index (χ1n) is 16.0. The zero-order valence-electron chi connectivity index (χ0n) is 25.2. The molecular formula is C32H42N8O3. The molecule has 7 rings (SSSR count). The summed E-state index contributed by atoms with van der Waals surface area (Å²) in [6, 6.07) is 11.0. The fourth-order valence-electron chi connectivity index (χ4n) is 6.97. The summed E-state index contributed by atoms with van der Waals surface area (Å²) < 4.78 is 13.2. The lowest BCUT2D eigenvalue weighted by Gasteiger charge is -2.37. The van der Waals surface area contributed by atoms with E-state index in [2.05, 4.69) is 69.1 Å². The van der Waals surface area contributed by atoms with Crippen molar-refractivity contribution in [2.45, 2.75) is 83.8 Å². The van der Waals surface area contributed by atoms with Gasteiger partial charge in [-0.2, -0.15) is 4.98 Å². The third-order valence-corrected chi connectivity index (χ3v) is 9.83. The third-order valence-electron chi connectivity index (χ3n) is 9.83. The van der Waals surface area contributed by atoms with Gasteiger partial charge in [0, 0.05) is 19.1 Å². The summed E-state index contributed by atoms with van der Waals surface area (Å²) in [4.78, 5) is 31.9. The number of rotatable bonds is 9. The minimum Gasteiger partial charge on any atom is -0.377 e. The maximum Gasteiger partial charge on any atom is 0.439 e. The SMILES string of the molecule is CC1CCC(Cn2c(N3CCOC[C@H]3Cc3ccccc3)nc3nc(-c4noc(=O)[nH]4)nc(N[C@H](C)C4CCC4)c32)CC1. The molecule has 228 valence electrons. The number of fused-ring (bicyclic) bond motifs is 1. The molecule has 3 fully saturated rings. The van der Waals surface area contributed by atoms with Crippen LogP contribution in [0.1, 0.15) is 64.4 Å². The molecule has 4 heterocycles. The second-order valence-corrected chi connectivity index (χ2v) is 12.9. The van der Waals surface area contributed by atoms with Crippen LogP contribution in [0.4, 0.5) is 11.8 Å². The molecule has 3 aliphatic rings. The van der Waals surface area contributed by atoms with Crippen molar-refractivity contribution >= 4 is 22.9 Å². The van der Waals surface area contributed by atoms with E-state index in [1.807, 2.05) is 0 Å². The average molecular weight is 587 g/mol. The maximum absolute atomic E-state index is 11.8. The predicted molar refractivity (Wildman–Crippen MR) is 165 cm³/mol. The van der Waals surface area contributed by atoms with Crippen LogP contribution >= 0.6 is 0 Å². The number of hydrogen-bond donors (Lipinski definition) is 2. The van der Waals surface area contributed by atoms with E-state index in [1.54, 1.807) is 0 Å². The molecule has 2 aliphatic carbocycles. The summed E-state index contributed by atoms with van der Waals surface area (Å²) >= 11 is 0. The first-order valence-corrected chi connectivity index (χ1v) is 16.0. The highest BCUT2D eigenvalue weighted by atomic mass is 16.5. The van der Waals surface area contributed by atoms with Crippen LogP contribution in [-0.2, 0) is 17.7 Å². The van der Waals surface area contributed by atoms with Gasteiger partial charge in [0.15, 0.2) is 11.5 Å². The molecule has 1 aromatic carbocycles. The van der Waals surface area contributed by atoms with Gasteiger partial charge in [-0.05, 0) is 62.3 Å². The van der Waals surface area contributed by atoms with Gasteiger partial charge >= 0.3 is 5.76 Å². The summed E-state index contributed by atoms with van der Waals surface area (Å²) in [5.74, 6) is 3.46. The molecular weight excluding hydrogens is 544 g/mol. The number of ether oxygens (including phenoxy) is 1. The van der Waals surface area contributed by atoms with E-state index in [1.165, 1.54) is 50.5 Å². The Morgan fingerprint density at radius 2 is 1.88 bits per heavy atom. The van der Waals surface area contributed by atoms with Gasteiger partial charge in [-0.15, -0.1) is 0 Å². The van der Waals surface area contributed by atoms with Gasteiger partial charge < -0.3 is 19.5 Å². The quantitative estimate of drug-likeness (QED) is 0.277. The number of aromatic nitrogens is 6. The number of aromatic amines is 1. The molecule has 2 saturated carbocycles. The first-order chi connectivity index (χ1) is 21.0. The molecule has 0 bridgehead atoms. The lowest BCUT2D eigenvalue weighted by Crippen LogP contribution is -2.48. The molecule has 2 N–H and O–H groups in total. The number of anilines is 2. The van der Waals surface area contributed by atoms with Gasteiger partial charge in [0.25, 0.3) is 0 Å². The van der Waals surface area contributed by atoms with Gasteiger partial charge in [0.2, 0.25) is 17.6 Å². The molecule has 3 aromatic heterocycles. The number of nitrogens with zero attached hydrogens (tertiary/aromatic N) is 6. The van der Waals surface area contributed by atoms with Gasteiger partial charge in [-0.1, -0.05) is 61.7 Å². The summed E-state index contributed by atoms with van der Waals surface area (Å²) in [6.07, 6.45) is 9.48. The Labute approximate surface area is 251 Å². The van der Waals surface area contributed by atoms with E-state index in [9.17, 15) is 4.79 Å². The van der Waals surface area contributed by atoms with Crippen molar-refractivity contribution in [1.82, 2.24) is 29.7 Å². The van der Waals surface area contributed by atoms with Crippen LogP contribution in [0, 0.1) is 17.8 Å². The predicted octanol–water partition coefficient (Wildman–Crippen LogP) is 5.04. The van der Waals surface area contributed by atoms with E-state index in [4.69, 9.17) is 24.2 Å². The highest BCUT2D eigenvalue weighted by molar-refractivity contribution is 5.87. The van der Waals surface area contributed by atoms with Crippen molar-refractivity contribution in [1.29, 1.82) is 0 Å². The van der Waals surface area contributed by atoms with Crippen LogP contribution in [0.5, 0.6) is 0 Å². The van der Waals surface area contributed by atoms with Crippen molar-refractivity contribution in [2.75, 3.05) is 30.0 Å². The van der Waals surface area contributed by atoms with E-state index in [0.717, 1.165) is 42.7 Å². The zero-order valence-corrected chi connectivity index (χ0v) is 25.2. The summed E-state index contributed by atoms with van der Waals surface area (Å²) in [5.41, 5.74) is 2.79. The van der Waals surface area contributed by atoms with Gasteiger partial charge in [-0.3, -0.25) is 9.51 Å². The van der Waals surface area contributed by atoms with Gasteiger partial charge in [-0.25, -0.2) is 14.8 Å². The molecule has 2 atom stereocenters. The van der Waals surface area contributed by atoms with E-state index < -0.39 is 5.76 Å². The number of H-pyrrole nitrogens is 1. The molecule has 0 amide bonds. The largest absolute Gasteiger partial charge is 0.439 e. The van der Waals surface area contributed by atoms with Crippen LogP contribution in [0.3, 0.4) is 0 Å². The Morgan fingerprint density at radius 1 is 1.07 bits per heavy atom. The molecule has 0 unspecified atom stereocenters. The van der Waals surface area contributed by atoms with Crippen LogP contribution in [0.15, 0.2) is 39.6 Å². The van der Waals surface area contributed by atoms with Gasteiger partial charge in [0.05, 0.1) is 19.3 Å². The molecule has 1 aliphatic heterocycles. The standard InChI is InChI=1S/C32H42N8O3/c1-20-11-13-23(14-12-20)18-40-26-27(33-21(2)24-9-6-10-24)34-29(30-37-32(41)43-38-30)35-28(26)36-31(40)39-15-16-42-19-25(39)17-22-7-4-3-5-8-22/h3-5,7-8,20-21,23-25H,6,9-19H2,1-2H3,(H,33,34,35)(H,37,38,41)/t20?,21-,23?,25-/m1/s1. The molecule has 4 aromatic rings. The number of morpholine rings is 1. The summed E-state index contributed by atoms with van der Waals surface area (Å²) in [5, 5.41) is 7.65. The molecule has 43 heavy (non-hydrogen) atoms. The van der Waals surface area contributed by atoms with Crippen LogP contribution in [0.2, 0.25) is 0 Å². The first kappa shape index (κ1) is 28.1. The average Bonchev–Trinajstić information content (AvgIpc) is 3.58. The Hall–Kier alpha value is -3.73. The third kappa shape index (κ3) is 5.91. The highest BCUT2D eigenvalue weighted by Gasteiger charge is 2.32. The second kappa shape index (κ2) is 12.1. The Morgan fingerprint density at radius 3 is 2.60 bits per heavy atom. The fraction of sp³-hybridized carbons (Fsp3) is 0.594. The smallest absolute Gasteiger partial charge is 0.377 e. The van der Waals surface area contributed by atoms with Crippen molar-refractivity contribution in [3.05, 3.63) is 46.4 Å². The normalized spacial score (nSPS) is 23.8. The van der Waals surface area contributed by atoms with Crippen molar-refractivity contribution in [2.24, 2.45) is 17.8 Å². The van der Waals surface area contributed by atoms with Crippen molar-refractivity contribution in [3.63, 3.8) is 0 Å². The van der Waals surface area contributed by atoms with Crippen molar-refractivity contribution in [3.8, 4) is 11.6 Å². The number of benzene rings is 1. The van der Waals surface area contributed by atoms with Crippen LogP contribution in [-0.4, -0.2) is 61.5 Å². The van der Waals surface area contributed by atoms with E-state index >= 15 is 0 Å². The minimum absolute atomic E-state index is 0.141. The topological polar surface area (TPSA) is 127 Å². The maximum atomic E-state index is 11.8. The number of imidazole rings is 1. The van der Waals surface area contributed by atoms with E-state index in [-0.39, 0.29) is 17.9 Å². The summed E-state index contributed by atoms with van der Waals surface area (Å²) in [6.45, 7) is 7.50.